The summed E-state index contributed by atoms with van der Waals surface area (Å²) < 4.78 is 71.6. The molecule has 3 aromatic rings. The molecule has 6 nitrogen and oxygen atoms in total. The van der Waals surface area contributed by atoms with Crippen molar-refractivity contribution < 1.29 is 26.0 Å². The minimum atomic E-state index is -3.99. The number of benzene rings is 3. The van der Waals surface area contributed by atoms with E-state index in [-0.39, 0.29) is 27.6 Å². The van der Waals surface area contributed by atoms with Crippen LogP contribution in [0.5, 0.6) is 5.75 Å². The first kappa shape index (κ1) is 22.8. The predicted molar refractivity (Wildman–Crippen MR) is 119 cm³/mol. The Bertz CT molecular complexity index is 1290. The number of hydrogen-bond donors (Lipinski definition) is 1. The van der Waals surface area contributed by atoms with Crippen molar-refractivity contribution in [3.8, 4) is 16.9 Å². The summed E-state index contributed by atoms with van der Waals surface area (Å²) in [4.78, 5) is -0.154. The lowest BCUT2D eigenvalue weighted by Crippen LogP contribution is -2.15. The highest BCUT2D eigenvalue weighted by Crippen LogP contribution is 2.31. The van der Waals surface area contributed by atoms with E-state index in [0.29, 0.717) is 5.56 Å². The van der Waals surface area contributed by atoms with E-state index in [1.165, 1.54) is 44.4 Å². The number of halogens is 1. The molecular formula is C22H22FNO5S2. The molecule has 0 amide bonds. The fourth-order valence-electron chi connectivity index (χ4n) is 3.02. The molecule has 3 aromatic carbocycles. The highest BCUT2D eigenvalue weighted by atomic mass is 32.2. The van der Waals surface area contributed by atoms with Gasteiger partial charge in [0.25, 0.3) is 0 Å². The molecule has 0 radical (unpaired) electrons. The van der Waals surface area contributed by atoms with Crippen molar-refractivity contribution in [3.63, 3.8) is 0 Å². The number of ether oxygens (including phenoxy) is 1. The van der Waals surface area contributed by atoms with Gasteiger partial charge >= 0.3 is 0 Å². The van der Waals surface area contributed by atoms with Crippen LogP contribution in [0.1, 0.15) is 12.5 Å². The zero-order chi connectivity index (χ0) is 22.6. The van der Waals surface area contributed by atoms with Crippen LogP contribution < -0.4 is 9.46 Å². The Balaban J connectivity index is 1.96. The van der Waals surface area contributed by atoms with Crippen molar-refractivity contribution >= 4 is 25.5 Å². The van der Waals surface area contributed by atoms with E-state index in [1.807, 2.05) is 30.3 Å². The lowest BCUT2D eigenvalue weighted by Gasteiger charge is -2.13. The smallest absolute Gasteiger partial charge is 0.232 e. The molecule has 0 aromatic heterocycles. The Kier molecular flexibility index (Phi) is 6.66. The molecule has 0 atom stereocenters. The third kappa shape index (κ3) is 5.42. The molecule has 0 aliphatic rings. The maximum Gasteiger partial charge on any atom is 0.232 e. The average Bonchev–Trinajstić information content (AvgIpc) is 2.75. The molecule has 0 heterocycles. The van der Waals surface area contributed by atoms with Crippen LogP contribution >= 0.6 is 0 Å². The molecule has 1 N–H and O–H groups in total. The second kappa shape index (κ2) is 9.07. The summed E-state index contributed by atoms with van der Waals surface area (Å²) in [6, 6.07) is 17.5. The molecule has 3 rings (SSSR count). The molecule has 31 heavy (non-hydrogen) atoms. The summed E-state index contributed by atoms with van der Waals surface area (Å²) in [5.41, 5.74) is 1.74. The van der Waals surface area contributed by atoms with Crippen molar-refractivity contribution in [2.45, 2.75) is 17.6 Å². The first-order valence-electron chi connectivity index (χ1n) is 9.40. The summed E-state index contributed by atoms with van der Waals surface area (Å²) in [5, 5.41) is 0. The maximum absolute atomic E-state index is 14.4. The Labute approximate surface area is 181 Å². The highest BCUT2D eigenvalue weighted by Gasteiger charge is 2.23. The van der Waals surface area contributed by atoms with Crippen LogP contribution in [0.2, 0.25) is 0 Å². The lowest BCUT2D eigenvalue weighted by molar-refractivity contribution is 0.403. The van der Waals surface area contributed by atoms with E-state index < -0.39 is 31.4 Å². The van der Waals surface area contributed by atoms with E-state index in [0.717, 1.165) is 5.56 Å². The summed E-state index contributed by atoms with van der Waals surface area (Å²) in [6.45, 7) is 1.48. The Hall–Kier alpha value is -2.91. The van der Waals surface area contributed by atoms with Gasteiger partial charge in [0.05, 0.1) is 24.3 Å². The third-order valence-corrected chi connectivity index (χ3v) is 7.66. The van der Waals surface area contributed by atoms with Crippen LogP contribution in [0.15, 0.2) is 71.6 Å². The van der Waals surface area contributed by atoms with Gasteiger partial charge in [-0.15, -0.1) is 0 Å². The topological polar surface area (TPSA) is 89.5 Å². The first-order chi connectivity index (χ1) is 14.6. The Morgan fingerprint density at radius 3 is 2.26 bits per heavy atom. The van der Waals surface area contributed by atoms with Gasteiger partial charge in [0.2, 0.25) is 10.0 Å². The van der Waals surface area contributed by atoms with E-state index in [9.17, 15) is 21.2 Å². The molecule has 164 valence electrons. The van der Waals surface area contributed by atoms with Gasteiger partial charge in [0, 0.05) is 11.6 Å². The summed E-state index contributed by atoms with van der Waals surface area (Å²) in [7, 11) is -6.24. The number of hydrogen-bond acceptors (Lipinski definition) is 5. The van der Waals surface area contributed by atoms with Gasteiger partial charge in [-0.2, -0.15) is 0 Å². The second-order valence-electron chi connectivity index (χ2n) is 6.80. The van der Waals surface area contributed by atoms with Crippen molar-refractivity contribution in [2.24, 2.45) is 0 Å². The second-order valence-corrected chi connectivity index (χ2v) is 10.8. The van der Waals surface area contributed by atoms with Crippen LogP contribution in [-0.2, 0) is 25.6 Å². The molecule has 0 spiro atoms. The zero-order valence-electron chi connectivity index (χ0n) is 17.0. The van der Waals surface area contributed by atoms with Crippen molar-refractivity contribution in [1.29, 1.82) is 0 Å². The Morgan fingerprint density at radius 2 is 1.61 bits per heavy atom. The largest absolute Gasteiger partial charge is 0.495 e. The van der Waals surface area contributed by atoms with Crippen LogP contribution in [0.25, 0.3) is 11.1 Å². The van der Waals surface area contributed by atoms with Gasteiger partial charge in [0.1, 0.15) is 16.5 Å². The molecule has 0 fully saturated rings. The van der Waals surface area contributed by atoms with E-state index in [2.05, 4.69) is 4.72 Å². The van der Waals surface area contributed by atoms with Crippen molar-refractivity contribution in [1.82, 2.24) is 0 Å². The molecule has 0 unspecified atom stereocenters. The number of sulfone groups is 1. The Morgan fingerprint density at radius 1 is 0.903 bits per heavy atom. The normalized spacial score (nSPS) is 11.8. The molecule has 0 aliphatic carbocycles. The number of anilines is 1. The van der Waals surface area contributed by atoms with Crippen molar-refractivity contribution in [2.75, 3.05) is 17.6 Å². The van der Waals surface area contributed by atoms with Crippen molar-refractivity contribution in [3.05, 3.63) is 78.1 Å². The molecule has 0 saturated heterocycles. The maximum atomic E-state index is 14.4. The minimum absolute atomic E-state index is 0.0270. The van der Waals surface area contributed by atoms with Gasteiger partial charge in [-0.3, -0.25) is 4.72 Å². The number of sulfonamides is 1. The van der Waals surface area contributed by atoms with Gasteiger partial charge in [-0.1, -0.05) is 36.4 Å². The molecular weight excluding hydrogens is 441 g/mol. The molecule has 0 aliphatic heterocycles. The van der Waals surface area contributed by atoms with E-state index in [1.54, 1.807) is 6.07 Å². The predicted octanol–water partition coefficient (Wildman–Crippen LogP) is 4.24. The average molecular weight is 464 g/mol. The summed E-state index contributed by atoms with van der Waals surface area (Å²) in [6.07, 6.45) is 0. The molecule has 0 saturated carbocycles. The minimum Gasteiger partial charge on any atom is -0.495 e. The molecule has 9 heteroatoms. The van der Waals surface area contributed by atoms with Crippen LogP contribution in [0.3, 0.4) is 0 Å². The third-order valence-electron chi connectivity index (χ3n) is 4.65. The van der Waals surface area contributed by atoms with E-state index >= 15 is 0 Å². The summed E-state index contributed by atoms with van der Waals surface area (Å²) >= 11 is 0. The number of methoxy groups -OCH3 is 1. The van der Waals surface area contributed by atoms with Gasteiger partial charge in [0.15, 0.2) is 9.84 Å². The quantitative estimate of drug-likeness (QED) is 0.540. The zero-order valence-corrected chi connectivity index (χ0v) is 18.6. The monoisotopic (exact) mass is 463 g/mol. The first-order valence-corrected chi connectivity index (χ1v) is 12.7. The van der Waals surface area contributed by atoms with Crippen LogP contribution in [0.4, 0.5) is 10.1 Å². The van der Waals surface area contributed by atoms with Gasteiger partial charge < -0.3 is 4.74 Å². The van der Waals surface area contributed by atoms with Gasteiger partial charge in [-0.05, 0) is 42.3 Å². The molecule has 0 bridgehead atoms. The lowest BCUT2D eigenvalue weighted by atomic mass is 10.0. The number of rotatable bonds is 8. The fourth-order valence-corrected chi connectivity index (χ4v) is 5.16. The standard InChI is InChI=1S/C22H22FNO5S2/c1-3-31(27,28)24-19-10-12-22(21(14-19)29-2)30(25,26)15-18-13-17(9-11-20(18)23)16-7-5-4-6-8-16/h4-14,24H,3,15H2,1-2H3. The summed E-state index contributed by atoms with van der Waals surface area (Å²) in [5.74, 6) is -1.37. The number of nitrogens with one attached hydrogen (secondary N) is 1. The SMILES string of the molecule is CCS(=O)(=O)Nc1ccc(S(=O)(=O)Cc2cc(-c3ccccc3)ccc2F)c(OC)c1. The van der Waals surface area contributed by atoms with Crippen LogP contribution in [0, 0.1) is 5.82 Å². The highest BCUT2D eigenvalue weighted by molar-refractivity contribution is 7.92. The van der Waals surface area contributed by atoms with E-state index in [4.69, 9.17) is 4.74 Å². The van der Waals surface area contributed by atoms with Crippen LogP contribution in [-0.4, -0.2) is 29.7 Å². The fraction of sp³-hybridized carbons (Fsp3) is 0.182. The van der Waals surface area contributed by atoms with Gasteiger partial charge in [-0.25, -0.2) is 21.2 Å².